The number of benzene rings is 4. The lowest BCUT2D eigenvalue weighted by atomic mass is 9.82. The monoisotopic (exact) mass is 610 g/mol. The van der Waals surface area contributed by atoms with Gasteiger partial charge in [-0.1, -0.05) is 114 Å². The zero-order valence-electron chi connectivity index (χ0n) is 27.5. The van der Waals surface area contributed by atoms with Crippen LogP contribution in [-0.2, 0) is 13.1 Å². The molecule has 236 valence electrons. The highest BCUT2D eigenvalue weighted by Gasteiger charge is 2.32. The van der Waals surface area contributed by atoms with Gasteiger partial charge in [0.15, 0.2) is 11.6 Å². The molecule has 46 heavy (non-hydrogen) atoms. The Balaban J connectivity index is 1.28. The quantitative estimate of drug-likeness (QED) is 0.115. The Morgan fingerprint density at radius 3 is 1.22 bits per heavy atom. The van der Waals surface area contributed by atoms with Crippen molar-refractivity contribution in [2.75, 3.05) is 0 Å². The van der Waals surface area contributed by atoms with Crippen LogP contribution in [0, 0.1) is 0 Å². The van der Waals surface area contributed by atoms with Crippen molar-refractivity contribution < 1.29 is 9.59 Å². The van der Waals surface area contributed by atoms with Gasteiger partial charge in [0.1, 0.15) is 0 Å². The first-order valence-corrected chi connectivity index (χ1v) is 17.8. The Kier molecular flexibility index (Phi) is 8.80. The molecule has 4 aromatic carbocycles. The molecule has 0 amide bonds. The van der Waals surface area contributed by atoms with Gasteiger partial charge in [-0.15, -0.1) is 0 Å². The van der Waals surface area contributed by atoms with E-state index < -0.39 is 0 Å². The number of nitrogens with zero attached hydrogens (tertiary/aromatic N) is 2. The molecule has 4 nitrogen and oxygen atoms in total. The lowest BCUT2D eigenvalue weighted by molar-refractivity contribution is 0.0979. The highest BCUT2D eigenvalue weighted by molar-refractivity contribution is 6.32. The molecule has 0 unspecified atom stereocenters. The fourth-order valence-corrected chi connectivity index (χ4v) is 7.81. The average molecular weight is 611 g/mol. The van der Waals surface area contributed by atoms with Crippen LogP contribution in [0.1, 0.15) is 123 Å². The Morgan fingerprint density at radius 2 is 0.783 bits per heavy atom. The van der Waals surface area contributed by atoms with Gasteiger partial charge in [-0.3, -0.25) is 9.59 Å². The minimum absolute atomic E-state index is 0.0440. The van der Waals surface area contributed by atoms with Crippen LogP contribution in [0.4, 0.5) is 0 Å². The summed E-state index contributed by atoms with van der Waals surface area (Å²) in [4.78, 5) is 28.6. The third kappa shape index (κ3) is 5.36. The van der Waals surface area contributed by atoms with Crippen molar-refractivity contribution in [3.05, 3.63) is 95.1 Å². The van der Waals surface area contributed by atoms with E-state index in [2.05, 4.69) is 71.5 Å². The topological polar surface area (TPSA) is 44.0 Å². The van der Waals surface area contributed by atoms with E-state index in [9.17, 15) is 9.59 Å². The number of aromatic nitrogens is 2. The summed E-state index contributed by atoms with van der Waals surface area (Å²) in [7, 11) is 0. The van der Waals surface area contributed by atoms with Gasteiger partial charge >= 0.3 is 0 Å². The number of para-hydroxylation sites is 2. The number of aryl methyl sites for hydroxylation is 2. The lowest BCUT2D eigenvalue weighted by Gasteiger charge is -2.19. The van der Waals surface area contributed by atoms with Crippen LogP contribution in [0.2, 0.25) is 0 Å². The molecule has 2 aromatic heterocycles. The van der Waals surface area contributed by atoms with Crippen molar-refractivity contribution in [3.63, 3.8) is 0 Å². The summed E-state index contributed by atoms with van der Waals surface area (Å²) in [6, 6.07) is 25.0. The van der Waals surface area contributed by atoms with Gasteiger partial charge < -0.3 is 9.13 Å². The number of rotatable bonds is 14. The largest absolute Gasteiger partial charge is 0.340 e. The zero-order valence-corrected chi connectivity index (χ0v) is 27.5. The van der Waals surface area contributed by atoms with Gasteiger partial charge in [-0.05, 0) is 49.2 Å². The normalized spacial score (nSPS) is 13.0. The fraction of sp³-hybridized carbons (Fsp3) is 0.381. The summed E-state index contributed by atoms with van der Waals surface area (Å²) in [5.41, 5.74) is 6.58. The second-order valence-corrected chi connectivity index (χ2v) is 13.4. The second kappa shape index (κ2) is 13.3. The zero-order chi connectivity index (χ0) is 31.6. The van der Waals surface area contributed by atoms with Crippen molar-refractivity contribution in [2.24, 2.45) is 0 Å². The number of carbonyl (C=O) groups excluding carboxylic acids is 2. The predicted octanol–water partition coefficient (Wildman–Crippen LogP) is 11.4. The molecule has 7 rings (SSSR count). The standard InChI is InChI=1S/C42H46N2O2/c1-3-5-7-9-11-17-23-43-37-21-15-13-19-29(37)31-25-33-35(27-39(31)43)41(45)34-26-32-30-20-14-16-22-38(30)44(24-18-12-10-8-6-4-2)40(32)28-36(34)42(33)46/h13-16,19-22,25-28H,3-12,17-18,23-24H2,1-2H3. The molecule has 0 radical (unpaired) electrons. The molecule has 0 saturated carbocycles. The SMILES string of the molecule is CCCCCCCCn1c2ccccc2c2cc3c(cc21)C(=O)c1cc2c4ccccc4n(CCCCCCCC)c2cc1C3=O. The van der Waals surface area contributed by atoms with Crippen LogP contribution in [0.25, 0.3) is 43.6 Å². The number of fused-ring (bicyclic) bond motifs is 8. The van der Waals surface area contributed by atoms with E-state index in [1.54, 1.807) is 0 Å². The third-order valence-electron chi connectivity index (χ3n) is 10.3. The van der Waals surface area contributed by atoms with Gasteiger partial charge in [0, 0.05) is 79.0 Å². The number of hydrogen-bond acceptors (Lipinski definition) is 2. The first-order valence-electron chi connectivity index (χ1n) is 17.8. The van der Waals surface area contributed by atoms with E-state index >= 15 is 0 Å². The second-order valence-electron chi connectivity index (χ2n) is 13.4. The Labute approximate surface area is 272 Å². The van der Waals surface area contributed by atoms with E-state index in [1.807, 2.05) is 24.3 Å². The molecule has 0 spiro atoms. The average Bonchev–Trinajstić information content (AvgIpc) is 3.56. The smallest absolute Gasteiger partial charge is 0.194 e. The fourth-order valence-electron chi connectivity index (χ4n) is 7.81. The van der Waals surface area contributed by atoms with Crippen LogP contribution in [-0.4, -0.2) is 20.7 Å². The molecular weight excluding hydrogens is 564 g/mol. The van der Waals surface area contributed by atoms with Gasteiger partial charge in [0.25, 0.3) is 0 Å². The molecule has 0 aliphatic heterocycles. The third-order valence-corrected chi connectivity index (χ3v) is 10.3. The Bertz CT molecular complexity index is 1920. The number of ketones is 2. The van der Waals surface area contributed by atoms with Crippen LogP contribution in [0.5, 0.6) is 0 Å². The van der Waals surface area contributed by atoms with Crippen LogP contribution < -0.4 is 0 Å². The maximum absolute atomic E-state index is 14.3. The predicted molar refractivity (Wildman–Crippen MR) is 193 cm³/mol. The molecule has 0 atom stereocenters. The summed E-state index contributed by atoms with van der Waals surface area (Å²) >= 11 is 0. The first kappa shape index (κ1) is 30.5. The highest BCUT2D eigenvalue weighted by Crippen LogP contribution is 2.39. The Morgan fingerprint density at radius 1 is 0.413 bits per heavy atom. The van der Waals surface area contributed by atoms with Gasteiger partial charge in [0.2, 0.25) is 0 Å². The van der Waals surface area contributed by atoms with Gasteiger partial charge in [0.05, 0.1) is 0 Å². The summed E-state index contributed by atoms with van der Waals surface area (Å²) in [6.45, 7) is 6.32. The van der Waals surface area contributed by atoms with Crippen molar-refractivity contribution in [1.82, 2.24) is 9.13 Å². The summed E-state index contributed by atoms with van der Waals surface area (Å²) in [5, 5.41) is 4.41. The summed E-state index contributed by atoms with van der Waals surface area (Å²) in [5.74, 6) is -0.0879. The van der Waals surface area contributed by atoms with E-state index in [4.69, 9.17) is 0 Å². The van der Waals surface area contributed by atoms with Crippen molar-refractivity contribution in [2.45, 2.75) is 104 Å². The molecule has 2 heterocycles. The molecule has 6 aromatic rings. The maximum atomic E-state index is 14.3. The first-order chi connectivity index (χ1) is 22.6. The van der Waals surface area contributed by atoms with Gasteiger partial charge in [-0.2, -0.15) is 0 Å². The Hall–Kier alpha value is -4.18. The molecule has 0 N–H and O–H groups in total. The minimum atomic E-state index is -0.0440. The van der Waals surface area contributed by atoms with E-state index in [0.29, 0.717) is 22.3 Å². The molecule has 1 aliphatic carbocycles. The van der Waals surface area contributed by atoms with E-state index in [0.717, 1.165) is 58.5 Å². The van der Waals surface area contributed by atoms with Crippen molar-refractivity contribution in [1.29, 1.82) is 0 Å². The van der Waals surface area contributed by atoms with E-state index in [-0.39, 0.29) is 11.6 Å². The van der Waals surface area contributed by atoms with Gasteiger partial charge in [-0.25, -0.2) is 0 Å². The molecular formula is C42H46N2O2. The summed E-state index contributed by atoms with van der Waals surface area (Å²) in [6.07, 6.45) is 14.8. The number of unbranched alkanes of at least 4 members (excludes halogenated alkanes) is 10. The molecule has 0 bridgehead atoms. The summed E-state index contributed by atoms with van der Waals surface area (Å²) < 4.78 is 4.74. The highest BCUT2D eigenvalue weighted by atomic mass is 16.1. The molecule has 0 saturated heterocycles. The lowest BCUT2D eigenvalue weighted by Crippen LogP contribution is -2.21. The number of hydrogen-bond donors (Lipinski definition) is 0. The van der Waals surface area contributed by atoms with Crippen LogP contribution in [0.15, 0.2) is 72.8 Å². The maximum Gasteiger partial charge on any atom is 0.194 e. The van der Waals surface area contributed by atoms with Crippen molar-refractivity contribution >= 4 is 55.2 Å². The number of carbonyl (C=O) groups is 2. The van der Waals surface area contributed by atoms with Crippen LogP contribution in [0.3, 0.4) is 0 Å². The minimum Gasteiger partial charge on any atom is -0.340 e. The molecule has 1 aliphatic rings. The molecule has 0 fully saturated rings. The van der Waals surface area contributed by atoms with Crippen molar-refractivity contribution in [3.8, 4) is 0 Å². The van der Waals surface area contributed by atoms with E-state index in [1.165, 1.54) is 75.2 Å². The van der Waals surface area contributed by atoms with Crippen LogP contribution >= 0.6 is 0 Å². The molecule has 4 heteroatoms.